The molecule has 2 aliphatic rings. The Morgan fingerprint density at radius 1 is 1.08 bits per heavy atom. The fourth-order valence-electron chi connectivity index (χ4n) is 5.50. The van der Waals surface area contributed by atoms with Crippen molar-refractivity contribution in [3.63, 3.8) is 0 Å². The third-order valence-electron chi connectivity index (χ3n) is 7.49. The summed E-state index contributed by atoms with van der Waals surface area (Å²) in [5.41, 5.74) is 3.29. The third kappa shape index (κ3) is 4.21. The van der Waals surface area contributed by atoms with Crippen LogP contribution >= 0.6 is 0 Å². The van der Waals surface area contributed by atoms with Crippen molar-refractivity contribution in [2.45, 2.75) is 29.8 Å². The number of hydrogen-bond acceptors (Lipinski definition) is 7. The maximum Gasteiger partial charge on any atom is 0.410 e. The third-order valence-corrected chi connectivity index (χ3v) is 8.60. The summed E-state index contributed by atoms with van der Waals surface area (Å²) in [6.07, 6.45) is 5.64. The van der Waals surface area contributed by atoms with Gasteiger partial charge in [-0.2, -0.15) is 0 Å². The number of benzene rings is 2. The molecule has 1 spiro atoms. The van der Waals surface area contributed by atoms with E-state index in [2.05, 4.69) is 19.9 Å². The fourth-order valence-corrected chi connectivity index (χ4v) is 6.14. The number of H-pyrrole nitrogens is 1. The number of carbonyl (C=O) groups excluding carboxylic acids is 1. The molecule has 0 bridgehead atoms. The molecule has 37 heavy (non-hydrogen) atoms. The van der Waals surface area contributed by atoms with Crippen molar-refractivity contribution in [1.82, 2.24) is 19.9 Å². The van der Waals surface area contributed by atoms with Crippen molar-refractivity contribution in [2.24, 2.45) is 0 Å². The number of fused-ring (bicyclic) bond motifs is 3. The van der Waals surface area contributed by atoms with Gasteiger partial charge in [0.2, 0.25) is 0 Å². The highest BCUT2D eigenvalue weighted by molar-refractivity contribution is 7.90. The highest BCUT2D eigenvalue weighted by atomic mass is 32.2. The molecule has 6 rings (SSSR count). The monoisotopic (exact) mass is 517 g/mol. The van der Waals surface area contributed by atoms with Crippen LogP contribution in [0, 0.1) is 0 Å². The zero-order valence-electron chi connectivity index (χ0n) is 20.4. The molecule has 1 N–H and O–H groups in total. The van der Waals surface area contributed by atoms with Gasteiger partial charge in [0.05, 0.1) is 10.3 Å². The van der Waals surface area contributed by atoms with Crippen molar-refractivity contribution in [1.29, 1.82) is 0 Å². The molecule has 0 aliphatic carbocycles. The zero-order valence-corrected chi connectivity index (χ0v) is 21.2. The average molecular weight is 518 g/mol. The van der Waals surface area contributed by atoms with E-state index in [4.69, 9.17) is 4.74 Å². The number of aromatic amines is 1. The zero-order chi connectivity index (χ0) is 25.6. The smallest absolute Gasteiger partial charge is 0.410 e. The van der Waals surface area contributed by atoms with Crippen molar-refractivity contribution < 1.29 is 17.9 Å². The molecule has 0 unspecified atom stereocenters. The first kappa shape index (κ1) is 23.5. The van der Waals surface area contributed by atoms with Gasteiger partial charge in [0.25, 0.3) is 0 Å². The van der Waals surface area contributed by atoms with E-state index in [-0.39, 0.29) is 18.1 Å². The van der Waals surface area contributed by atoms with Gasteiger partial charge < -0.3 is 19.5 Å². The van der Waals surface area contributed by atoms with Crippen LogP contribution < -0.4 is 4.90 Å². The minimum absolute atomic E-state index is 0.232. The molecule has 2 aromatic carbocycles. The standard InChI is InChI=1S/C27H27N5O4S/c1-37(34,35)20-7-8-23-22(15-20)27(17-32(23)25-21-9-12-28-24(21)29-18-30-25)10-13-31(14-11-27)26(33)36-16-19-5-3-2-4-6-19/h2-9,12,15,18H,10-11,13-14,16-17H2,1H3,(H,28,29,30). The molecule has 1 saturated heterocycles. The highest BCUT2D eigenvalue weighted by Gasteiger charge is 2.47. The van der Waals surface area contributed by atoms with Crippen molar-refractivity contribution in [3.05, 3.63) is 78.2 Å². The summed E-state index contributed by atoms with van der Waals surface area (Å²) in [7, 11) is -3.38. The van der Waals surface area contributed by atoms with E-state index in [0.717, 1.165) is 33.7 Å². The quantitative estimate of drug-likeness (QED) is 0.433. The summed E-state index contributed by atoms with van der Waals surface area (Å²) in [4.78, 5) is 29.0. The number of sulfone groups is 1. The van der Waals surface area contributed by atoms with Gasteiger partial charge in [0.1, 0.15) is 24.4 Å². The second kappa shape index (κ2) is 8.88. The Bertz CT molecular complexity index is 1580. The summed E-state index contributed by atoms with van der Waals surface area (Å²) >= 11 is 0. The summed E-state index contributed by atoms with van der Waals surface area (Å²) in [6.45, 7) is 1.91. The van der Waals surface area contributed by atoms with Crippen LogP contribution in [0.1, 0.15) is 24.0 Å². The van der Waals surface area contributed by atoms with Gasteiger partial charge in [-0.1, -0.05) is 30.3 Å². The molecule has 0 saturated carbocycles. The number of aromatic nitrogens is 3. The Balaban J connectivity index is 1.29. The van der Waals surface area contributed by atoms with E-state index < -0.39 is 9.84 Å². The topological polar surface area (TPSA) is 108 Å². The number of likely N-dealkylation sites (tertiary alicyclic amines) is 1. The number of nitrogens with zero attached hydrogens (tertiary/aromatic N) is 4. The lowest BCUT2D eigenvalue weighted by molar-refractivity contribution is 0.0791. The summed E-state index contributed by atoms with van der Waals surface area (Å²) in [6, 6.07) is 16.9. The molecule has 9 nitrogen and oxygen atoms in total. The first-order chi connectivity index (χ1) is 17.8. The number of piperidine rings is 1. The van der Waals surface area contributed by atoms with Gasteiger partial charge >= 0.3 is 6.09 Å². The number of rotatable bonds is 4. The van der Waals surface area contributed by atoms with Gasteiger partial charge in [-0.25, -0.2) is 23.2 Å². The number of ether oxygens (including phenoxy) is 1. The lowest BCUT2D eigenvalue weighted by Crippen LogP contribution is -2.47. The Kier molecular flexibility index (Phi) is 5.63. The number of hydrogen-bond donors (Lipinski definition) is 1. The predicted molar refractivity (Wildman–Crippen MR) is 140 cm³/mol. The molecule has 190 valence electrons. The molecule has 0 radical (unpaired) electrons. The molecule has 4 heterocycles. The minimum atomic E-state index is -3.38. The van der Waals surface area contributed by atoms with Gasteiger partial charge in [-0.05, 0) is 48.2 Å². The van der Waals surface area contributed by atoms with Crippen LogP contribution in [0.5, 0.6) is 0 Å². The first-order valence-electron chi connectivity index (χ1n) is 12.2. The van der Waals surface area contributed by atoms with Crippen molar-refractivity contribution >= 4 is 38.5 Å². The van der Waals surface area contributed by atoms with Crippen molar-refractivity contribution in [3.8, 4) is 0 Å². The maximum absolute atomic E-state index is 12.8. The highest BCUT2D eigenvalue weighted by Crippen LogP contribution is 2.50. The summed E-state index contributed by atoms with van der Waals surface area (Å²) in [5.74, 6) is 0.779. The van der Waals surface area contributed by atoms with Gasteiger partial charge in [-0.15, -0.1) is 0 Å². The Hall–Kier alpha value is -3.92. The molecule has 2 aromatic heterocycles. The van der Waals surface area contributed by atoms with Gasteiger partial charge in [0.15, 0.2) is 9.84 Å². The van der Waals surface area contributed by atoms with Crippen molar-refractivity contribution in [2.75, 3.05) is 30.8 Å². The van der Waals surface area contributed by atoms with E-state index in [9.17, 15) is 13.2 Å². The predicted octanol–water partition coefficient (Wildman–Crippen LogP) is 4.18. The minimum Gasteiger partial charge on any atom is -0.445 e. The average Bonchev–Trinajstić information content (AvgIpc) is 3.51. The Morgan fingerprint density at radius 2 is 1.86 bits per heavy atom. The number of anilines is 2. The van der Waals surface area contributed by atoms with E-state index in [1.54, 1.807) is 11.0 Å². The molecule has 1 fully saturated rings. The Labute approximate surface area is 215 Å². The molecular formula is C27H27N5O4S. The maximum atomic E-state index is 12.8. The molecule has 10 heteroatoms. The fraction of sp³-hybridized carbons (Fsp3) is 0.296. The molecular weight excluding hydrogens is 490 g/mol. The molecule has 4 aromatic rings. The lowest BCUT2D eigenvalue weighted by Gasteiger charge is -2.39. The van der Waals surface area contributed by atoms with Crippen LogP contribution in [-0.2, 0) is 26.6 Å². The van der Waals surface area contributed by atoms with E-state index in [1.165, 1.54) is 12.6 Å². The molecule has 1 amide bonds. The summed E-state index contributed by atoms with van der Waals surface area (Å²) < 4.78 is 30.4. The van der Waals surface area contributed by atoms with E-state index >= 15 is 0 Å². The lowest BCUT2D eigenvalue weighted by atomic mass is 9.74. The largest absolute Gasteiger partial charge is 0.445 e. The second-order valence-corrected chi connectivity index (χ2v) is 11.8. The number of nitrogens with one attached hydrogen (secondary N) is 1. The second-order valence-electron chi connectivity index (χ2n) is 9.78. The van der Waals surface area contributed by atoms with Crippen LogP contribution in [-0.4, -0.2) is 60.3 Å². The number of amides is 1. The normalized spacial score (nSPS) is 16.8. The van der Waals surface area contributed by atoms with Crippen LogP contribution in [0.4, 0.5) is 16.3 Å². The Morgan fingerprint density at radius 3 is 2.62 bits per heavy atom. The van der Waals surface area contributed by atoms with Gasteiger partial charge in [0, 0.05) is 43.2 Å². The molecule has 2 aliphatic heterocycles. The van der Waals surface area contributed by atoms with Crippen LogP contribution in [0.25, 0.3) is 11.0 Å². The SMILES string of the molecule is CS(=O)(=O)c1ccc2c(c1)C1(CCN(C(=O)OCc3ccccc3)CC1)CN2c1ncnc2[nH]ccc12. The van der Waals surface area contributed by atoms with Crippen LogP contribution in [0.3, 0.4) is 0 Å². The summed E-state index contributed by atoms with van der Waals surface area (Å²) in [5, 5.41) is 0.902. The van der Waals surface area contributed by atoms with Gasteiger partial charge in [-0.3, -0.25) is 0 Å². The number of carbonyl (C=O) groups is 1. The first-order valence-corrected chi connectivity index (χ1v) is 14.1. The van der Waals surface area contributed by atoms with E-state index in [1.807, 2.05) is 54.7 Å². The van der Waals surface area contributed by atoms with Crippen LogP contribution in [0.15, 0.2) is 72.0 Å². The van der Waals surface area contributed by atoms with Crippen LogP contribution in [0.2, 0.25) is 0 Å². The molecule has 0 atom stereocenters. The van der Waals surface area contributed by atoms with E-state index in [0.29, 0.717) is 37.4 Å².